The van der Waals surface area contributed by atoms with Crippen LogP contribution in [0.4, 0.5) is 0 Å². The van der Waals surface area contributed by atoms with E-state index in [4.69, 9.17) is 14.2 Å². The normalized spacial score (nSPS) is 18.4. The van der Waals surface area contributed by atoms with E-state index in [9.17, 15) is 9.59 Å². The molecule has 2 heterocycles. The first-order valence-electron chi connectivity index (χ1n) is 11.7. The quantitative estimate of drug-likeness (QED) is 0.516. The predicted molar refractivity (Wildman–Crippen MR) is 127 cm³/mol. The fourth-order valence-electron chi connectivity index (χ4n) is 4.65. The number of hydrogen-bond acceptors (Lipinski definition) is 5. The minimum Gasteiger partial charge on any atom is -0.466 e. The number of likely N-dealkylation sites (tertiary alicyclic amines) is 1. The number of esters is 1. The molecular formula is C28H27NO5. The molecule has 2 aliphatic rings. The van der Waals surface area contributed by atoms with Crippen molar-refractivity contribution in [3.05, 3.63) is 95.6 Å². The lowest BCUT2D eigenvalue weighted by Gasteiger charge is -2.31. The van der Waals surface area contributed by atoms with Crippen molar-refractivity contribution >= 4 is 11.9 Å². The second-order valence-electron chi connectivity index (χ2n) is 8.56. The molecule has 1 amide bonds. The lowest BCUT2D eigenvalue weighted by Crippen LogP contribution is -2.42. The van der Waals surface area contributed by atoms with E-state index in [2.05, 4.69) is 0 Å². The number of piperidine rings is 1. The van der Waals surface area contributed by atoms with Gasteiger partial charge in [-0.25, -0.2) is 0 Å². The van der Waals surface area contributed by atoms with Crippen LogP contribution in [0.25, 0.3) is 0 Å². The molecule has 3 aromatic carbocycles. The van der Waals surface area contributed by atoms with Crippen molar-refractivity contribution < 1.29 is 23.8 Å². The summed E-state index contributed by atoms with van der Waals surface area (Å²) in [7, 11) is 0. The third kappa shape index (κ3) is 4.00. The summed E-state index contributed by atoms with van der Waals surface area (Å²) >= 11 is 0. The Kier molecular flexibility index (Phi) is 5.97. The molecule has 6 nitrogen and oxygen atoms in total. The van der Waals surface area contributed by atoms with Gasteiger partial charge in [-0.3, -0.25) is 9.59 Å². The van der Waals surface area contributed by atoms with Crippen molar-refractivity contribution in [2.24, 2.45) is 5.92 Å². The molecule has 0 bridgehead atoms. The summed E-state index contributed by atoms with van der Waals surface area (Å²) in [6.45, 7) is 3.11. The van der Waals surface area contributed by atoms with E-state index >= 15 is 0 Å². The van der Waals surface area contributed by atoms with Crippen LogP contribution in [0.2, 0.25) is 0 Å². The molecule has 0 aromatic heterocycles. The van der Waals surface area contributed by atoms with Gasteiger partial charge >= 0.3 is 11.8 Å². The van der Waals surface area contributed by atoms with Gasteiger partial charge in [0.25, 0.3) is 5.91 Å². The van der Waals surface area contributed by atoms with Crippen molar-refractivity contribution in [2.75, 3.05) is 19.7 Å². The standard InChI is InChI=1S/C28H27NO5/c1-2-32-27(31)21-10-9-17-29(19-21)26(30)20-15-16-24-25(18-20)34-28(33-24,22-11-5-3-6-12-22)23-13-7-4-8-14-23/h3-8,11-16,18,21H,2,9-10,17,19H2,1H3. The number of carbonyl (C=O) groups is 2. The number of carbonyl (C=O) groups excluding carboxylic acids is 2. The van der Waals surface area contributed by atoms with Gasteiger partial charge in [-0.1, -0.05) is 60.7 Å². The Bertz CT molecular complexity index is 1140. The molecule has 1 fully saturated rings. The SMILES string of the molecule is CCOC(=O)C1CCCN(C(=O)c2ccc3c(c2)OC(c2ccccc2)(c2ccccc2)O3)C1. The van der Waals surface area contributed by atoms with Crippen LogP contribution in [0.5, 0.6) is 11.5 Å². The third-order valence-electron chi connectivity index (χ3n) is 6.33. The maximum absolute atomic E-state index is 13.3. The Hall–Kier alpha value is -3.80. The Morgan fingerprint density at radius 3 is 2.24 bits per heavy atom. The first-order valence-corrected chi connectivity index (χ1v) is 11.7. The number of fused-ring (bicyclic) bond motifs is 1. The molecule has 0 spiro atoms. The van der Waals surface area contributed by atoms with Gasteiger partial charge in [-0.15, -0.1) is 0 Å². The zero-order chi connectivity index (χ0) is 23.5. The molecule has 1 atom stereocenters. The number of ether oxygens (including phenoxy) is 3. The van der Waals surface area contributed by atoms with Crippen LogP contribution in [-0.4, -0.2) is 36.5 Å². The first-order chi connectivity index (χ1) is 16.6. The summed E-state index contributed by atoms with van der Waals surface area (Å²) in [5, 5.41) is 0. The van der Waals surface area contributed by atoms with E-state index < -0.39 is 5.79 Å². The molecule has 0 radical (unpaired) electrons. The fraction of sp³-hybridized carbons (Fsp3) is 0.286. The summed E-state index contributed by atoms with van der Waals surface area (Å²) in [6.07, 6.45) is 1.51. The van der Waals surface area contributed by atoms with E-state index in [0.717, 1.165) is 24.0 Å². The maximum atomic E-state index is 13.3. The smallest absolute Gasteiger partial charge is 0.310 e. The van der Waals surface area contributed by atoms with Crippen molar-refractivity contribution in [3.63, 3.8) is 0 Å². The van der Waals surface area contributed by atoms with Gasteiger partial charge in [-0.05, 0) is 38.0 Å². The van der Waals surface area contributed by atoms with Crippen molar-refractivity contribution in [2.45, 2.75) is 25.6 Å². The Labute approximate surface area is 199 Å². The molecule has 6 heteroatoms. The van der Waals surface area contributed by atoms with Gasteiger partial charge < -0.3 is 19.1 Å². The zero-order valence-corrected chi connectivity index (χ0v) is 19.1. The summed E-state index contributed by atoms with van der Waals surface area (Å²) < 4.78 is 18.1. The fourth-order valence-corrected chi connectivity index (χ4v) is 4.65. The molecule has 0 N–H and O–H groups in total. The van der Waals surface area contributed by atoms with E-state index in [0.29, 0.717) is 36.8 Å². The first kappa shape index (κ1) is 22.0. The molecule has 0 aliphatic carbocycles. The van der Waals surface area contributed by atoms with Crippen molar-refractivity contribution in [3.8, 4) is 11.5 Å². The van der Waals surface area contributed by atoms with Crippen molar-refractivity contribution in [1.82, 2.24) is 4.90 Å². The highest BCUT2D eigenvalue weighted by atomic mass is 16.7. The topological polar surface area (TPSA) is 65.1 Å². The van der Waals surface area contributed by atoms with Gasteiger partial charge in [0.05, 0.1) is 12.5 Å². The molecule has 3 aromatic rings. The summed E-state index contributed by atoms with van der Waals surface area (Å²) in [5.41, 5.74) is 2.22. The van der Waals surface area contributed by atoms with Crippen LogP contribution >= 0.6 is 0 Å². The average Bonchev–Trinajstić information content (AvgIpc) is 3.30. The number of amides is 1. The molecule has 0 saturated carbocycles. The highest BCUT2D eigenvalue weighted by molar-refractivity contribution is 5.95. The van der Waals surface area contributed by atoms with Crippen LogP contribution < -0.4 is 9.47 Å². The van der Waals surface area contributed by atoms with E-state index in [1.807, 2.05) is 60.7 Å². The Morgan fingerprint density at radius 1 is 0.941 bits per heavy atom. The van der Waals surface area contributed by atoms with Crippen LogP contribution in [0.1, 0.15) is 41.3 Å². The summed E-state index contributed by atoms with van der Waals surface area (Å²) in [6, 6.07) is 24.8. The van der Waals surface area contributed by atoms with Gasteiger partial charge in [0.15, 0.2) is 11.5 Å². The largest absolute Gasteiger partial charge is 0.466 e. The minimum atomic E-state index is -1.13. The lowest BCUT2D eigenvalue weighted by molar-refractivity contribution is -0.149. The zero-order valence-electron chi connectivity index (χ0n) is 19.1. The summed E-state index contributed by atoms with van der Waals surface area (Å²) in [4.78, 5) is 27.2. The van der Waals surface area contributed by atoms with Crippen LogP contribution in [0.15, 0.2) is 78.9 Å². The Morgan fingerprint density at radius 2 is 1.59 bits per heavy atom. The highest BCUT2D eigenvalue weighted by Crippen LogP contribution is 2.48. The van der Waals surface area contributed by atoms with Gasteiger partial charge in [0, 0.05) is 29.8 Å². The molecule has 1 saturated heterocycles. The van der Waals surface area contributed by atoms with Gasteiger partial charge in [-0.2, -0.15) is 0 Å². The van der Waals surface area contributed by atoms with Crippen molar-refractivity contribution in [1.29, 1.82) is 0 Å². The van der Waals surface area contributed by atoms with Crippen LogP contribution in [0, 0.1) is 5.92 Å². The average molecular weight is 458 g/mol. The van der Waals surface area contributed by atoms with Crippen LogP contribution in [-0.2, 0) is 15.3 Å². The second kappa shape index (κ2) is 9.21. The van der Waals surface area contributed by atoms with Gasteiger partial charge in [0.1, 0.15) is 0 Å². The van der Waals surface area contributed by atoms with E-state index in [1.165, 1.54) is 0 Å². The third-order valence-corrected chi connectivity index (χ3v) is 6.33. The van der Waals surface area contributed by atoms with E-state index in [1.54, 1.807) is 30.0 Å². The molecule has 2 aliphatic heterocycles. The monoisotopic (exact) mass is 457 g/mol. The van der Waals surface area contributed by atoms with Crippen LogP contribution in [0.3, 0.4) is 0 Å². The highest BCUT2D eigenvalue weighted by Gasteiger charge is 2.45. The minimum absolute atomic E-state index is 0.127. The number of nitrogens with zero attached hydrogens (tertiary/aromatic N) is 1. The molecule has 34 heavy (non-hydrogen) atoms. The molecule has 5 rings (SSSR count). The Balaban J connectivity index is 1.42. The maximum Gasteiger partial charge on any atom is 0.310 e. The molecule has 1 unspecified atom stereocenters. The summed E-state index contributed by atoms with van der Waals surface area (Å²) in [5.74, 6) is -0.689. The molecular weight excluding hydrogens is 430 g/mol. The number of benzene rings is 3. The number of hydrogen-bond donors (Lipinski definition) is 0. The van der Waals surface area contributed by atoms with E-state index in [-0.39, 0.29) is 17.8 Å². The molecule has 174 valence electrons. The number of rotatable bonds is 5. The predicted octanol–water partition coefficient (Wildman–Crippen LogP) is 4.77. The second-order valence-corrected chi connectivity index (χ2v) is 8.56. The van der Waals surface area contributed by atoms with Gasteiger partial charge in [0.2, 0.25) is 0 Å². The lowest BCUT2D eigenvalue weighted by atomic mass is 9.97.